The van der Waals surface area contributed by atoms with Crippen LogP contribution in [-0.4, -0.2) is 25.3 Å². The van der Waals surface area contributed by atoms with Gasteiger partial charge in [-0.1, -0.05) is 0 Å². The van der Waals surface area contributed by atoms with Crippen molar-refractivity contribution in [2.24, 2.45) is 0 Å². The van der Waals surface area contributed by atoms with Crippen LogP contribution in [0.2, 0.25) is 0 Å². The molecule has 90 valence electrons. The van der Waals surface area contributed by atoms with Gasteiger partial charge in [0, 0.05) is 25.6 Å². The first-order valence-corrected chi connectivity index (χ1v) is 6.11. The molecule has 1 N–H and O–H groups in total. The molecule has 1 saturated carbocycles. The number of furan rings is 1. The third-order valence-electron chi connectivity index (χ3n) is 3.34. The van der Waals surface area contributed by atoms with Crippen molar-refractivity contribution in [3.8, 4) is 0 Å². The molecule has 1 fully saturated rings. The van der Waals surface area contributed by atoms with Crippen molar-refractivity contribution in [2.75, 3.05) is 7.11 Å². The van der Waals surface area contributed by atoms with Crippen LogP contribution in [-0.2, 0) is 11.2 Å². The summed E-state index contributed by atoms with van der Waals surface area (Å²) >= 11 is 0. The normalized spacial score (nSPS) is 27.1. The van der Waals surface area contributed by atoms with Crippen molar-refractivity contribution < 1.29 is 9.15 Å². The van der Waals surface area contributed by atoms with Crippen molar-refractivity contribution in [3.05, 3.63) is 24.2 Å². The Hall–Kier alpha value is -0.800. The fourth-order valence-electron chi connectivity index (χ4n) is 2.55. The minimum atomic E-state index is 0.388. The quantitative estimate of drug-likeness (QED) is 0.832. The van der Waals surface area contributed by atoms with Gasteiger partial charge in [-0.15, -0.1) is 0 Å². The molecule has 0 aromatic carbocycles. The molecule has 0 radical (unpaired) electrons. The van der Waals surface area contributed by atoms with Crippen molar-refractivity contribution in [1.29, 1.82) is 0 Å². The maximum absolute atomic E-state index is 5.47. The number of rotatable bonds is 5. The average molecular weight is 223 g/mol. The van der Waals surface area contributed by atoms with Crippen LogP contribution < -0.4 is 5.32 Å². The van der Waals surface area contributed by atoms with Gasteiger partial charge in [-0.05, 0) is 38.3 Å². The molecule has 1 aromatic rings. The van der Waals surface area contributed by atoms with Gasteiger partial charge < -0.3 is 14.5 Å². The Morgan fingerprint density at radius 1 is 1.56 bits per heavy atom. The Labute approximate surface area is 97.2 Å². The first kappa shape index (κ1) is 11.7. The summed E-state index contributed by atoms with van der Waals surface area (Å²) in [5.74, 6) is 1.05. The zero-order chi connectivity index (χ0) is 11.4. The Kier molecular flexibility index (Phi) is 4.02. The molecule has 1 aliphatic rings. The van der Waals surface area contributed by atoms with E-state index in [-0.39, 0.29) is 0 Å². The van der Waals surface area contributed by atoms with Crippen molar-refractivity contribution in [3.63, 3.8) is 0 Å². The zero-order valence-electron chi connectivity index (χ0n) is 10.1. The lowest BCUT2D eigenvalue weighted by Crippen LogP contribution is -2.42. The van der Waals surface area contributed by atoms with E-state index in [4.69, 9.17) is 9.15 Å². The first-order chi connectivity index (χ1) is 7.79. The second-order valence-electron chi connectivity index (χ2n) is 4.66. The second-order valence-corrected chi connectivity index (χ2v) is 4.66. The van der Waals surface area contributed by atoms with Gasteiger partial charge in [-0.2, -0.15) is 0 Å². The third-order valence-corrected chi connectivity index (χ3v) is 3.34. The molecule has 0 amide bonds. The topological polar surface area (TPSA) is 34.4 Å². The van der Waals surface area contributed by atoms with E-state index < -0.39 is 0 Å². The van der Waals surface area contributed by atoms with Gasteiger partial charge in [0.2, 0.25) is 0 Å². The fraction of sp³-hybridized carbons (Fsp3) is 0.692. The van der Waals surface area contributed by atoms with Crippen LogP contribution in [0.1, 0.15) is 31.9 Å². The largest absolute Gasteiger partial charge is 0.469 e. The minimum Gasteiger partial charge on any atom is -0.469 e. The minimum absolute atomic E-state index is 0.388. The summed E-state index contributed by atoms with van der Waals surface area (Å²) in [6.45, 7) is 2.20. The Morgan fingerprint density at radius 2 is 2.44 bits per heavy atom. The highest BCUT2D eigenvalue weighted by atomic mass is 16.5. The fourth-order valence-corrected chi connectivity index (χ4v) is 2.55. The van der Waals surface area contributed by atoms with Crippen LogP contribution in [0, 0.1) is 0 Å². The molecule has 3 unspecified atom stereocenters. The van der Waals surface area contributed by atoms with Crippen LogP contribution in [0.25, 0.3) is 0 Å². The Bertz CT molecular complexity index is 297. The van der Waals surface area contributed by atoms with E-state index >= 15 is 0 Å². The molecule has 3 atom stereocenters. The molecule has 16 heavy (non-hydrogen) atoms. The third kappa shape index (κ3) is 2.86. The standard InChI is InChI=1S/C13H21NO2/c1-10(9-11-5-4-8-16-11)14-12-6-3-7-13(12)15-2/h4-5,8,10,12-14H,3,6-7,9H2,1-2H3. The molecular formula is C13H21NO2. The lowest BCUT2D eigenvalue weighted by molar-refractivity contribution is 0.0817. The van der Waals surface area contributed by atoms with E-state index in [1.165, 1.54) is 19.3 Å². The van der Waals surface area contributed by atoms with Gasteiger partial charge in [0.1, 0.15) is 5.76 Å². The van der Waals surface area contributed by atoms with Gasteiger partial charge in [0.05, 0.1) is 12.4 Å². The highest BCUT2D eigenvalue weighted by Gasteiger charge is 2.27. The molecule has 0 saturated heterocycles. The molecule has 3 heteroatoms. The van der Waals surface area contributed by atoms with E-state index in [0.717, 1.165) is 12.2 Å². The van der Waals surface area contributed by atoms with E-state index in [2.05, 4.69) is 12.2 Å². The van der Waals surface area contributed by atoms with Crippen LogP contribution >= 0.6 is 0 Å². The van der Waals surface area contributed by atoms with E-state index in [0.29, 0.717) is 18.2 Å². The van der Waals surface area contributed by atoms with Crippen molar-refractivity contribution >= 4 is 0 Å². The molecule has 3 nitrogen and oxygen atoms in total. The van der Waals surface area contributed by atoms with Crippen LogP contribution in [0.5, 0.6) is 0 Å². The summed E-state index contributed by atoms with van der Waals surface area (Å²) < 4.78 is 10.8. The Balaban J connectivity index is 1.80. The van der Waals surface area contributed by atoms with Crippen LogP contribution in [0.15, 0.2) is 22.8 Å². The smallest absolute Gasteiger partial charge is 0.105 e. The number of methoxy groups -OCH3 is 1. The predicted octanol–water partition coefficient (Wildman–Crippen LogP) is 2.37. The number of nitrogens with one attached hydrogen (secondary N) is 1. The summed E-state index contributed by atoms with van der Waals surface area (Å²) in [4.78, 5) is 0. The van der Waals surface area contributed by atoms with E-state index in [9.17, 15) is 0 Å². The molecule has 0 bridgehead atoms. The molecular weight excluding hydrogens is 202 g/mol. The van der Waals surface area contributed by atoms with Crippen molar-refractivity contribution in [2.45, 2.75) is 50.8 Å². The van der Waals surface area contributed by atoms with Gasteiger partial charge >= 0.3 is 0 Å². The van der Waals surface area contributed by atoms with Crippen LogP contribution in [0.4, 0.5) is 0 Å². The lowest BCUT2D eigenvalue weighted by Gasteiger charge is -2.23. The average Bonchev–Trinajstić information content (AvgIpc) is 2.88. The van der Waals surface area contributed by atoms with E-state index in [1.54, 1.807) is 6.26 Å². The maximum Gasteiger partial charge on any atom is 0.105 e. The molecule has 0 aliphatic heterocycles. The highest BCUT2D eigenvalue weighted by Crippen LogP contribution is 2.22. The van der Waals surface area contributed by atoms with Gasteiger partial charge in [0.25, 0.3) is 0 Å². The number of hydrogen-bond donors (Lipinski definition) is 1. The van der Waals surface area contributed by atoms with Gasteiger partial charge in [-0.3, -0.25) is 0 Å². The highest BCUT2D eigenvalue weighted by molar-refractivity contribution is 5.00. The molecule has 1 aromatic heterocycles. The lowest BCUT2D eigenvalue weighted by atomic mass is 10.1. The van der Waals surface area contributed by atoms with Crippen molar-refractivity contribution in [1.82, 2.24) is 5.32 Å². The predicted molar refractivity (Wildman–Crippen MR) is 63.4 cm³/mol. The molecule has 2 rings (SSSR count). The monoisotopic (exact) mass is 223 g/mol. The van der Waals surface area contributed by atoms with Crippen LogP contribution in [0.3, 0.4) is 0 Å². The SMILES string of the molecule is COC1CCCC1NC(C)Cc1ccco1. The van der Waals surface area contributed by atoms with E-state index in [1.807, 2.05) is 19.2 Å². The summed E-state index contributed by atoms with van der Waals surface area (Å²) in [5.41, 5.74) is 0. The van der Waals surface area contributed by atoms with Gasteiger partial charge in [0.15, 0.2) is 0 Å². The summed E-state index contributed by atoms with van der Waals surface area (Å²) in [7, 11) is 1.81. The molecule has 1 aliphatic carbocycles. The summed E-state index contributed by atoms with van der Waals surface area (Å²) in [5, 5.41) is 3.63. The first-order valence-electron chi connectivity index (χ1n) is 6.11. The maximum atomic E-state index is 5.47. The Morgan fingerprint density at radius 3 is 3.12 bits per heavy atom. The number of hydrogen-bond acceptors (Lipinski definition) is 3. The summed E-state index contributed by atoms with van der Waals surface area (Å²) in [6, 6.07) is 4.91. The molecule has 1 heterocycles. The summed E-state index contributed by atoms with van der Waals surface area (Å²) in [6.07, 6.45) is 6.74. The molecule has 0 spiro atoms. The van der Waals surface area contributed by atoms with Gasteiger partial charge in [-0.25, -0.2) is 0 Å². The second kappa shape index (κ2) is 5.51. The number of ether oxygens (including phenoxy) is 1. The zero-order valence-corrected chi connectivity index (χ0v) is 10.1.